The van der Waals surface area contributed by atoms with Crippen LogP contribution in [0.3, 0.4) is 0 Å². The molecular weight excluding hydrogens is 232 g/mol. The van der Waals surface area contributed by atoms with Gasteiger partial charge in [-0.2, -0.15) is 0 Å². The van der Waals surface area contributed by atoms with Gasteiger partial charge in [-0.3, -0.25) is 4.79 Å². The lowest BCUT2D eigenvalue weighted by Gasteiger charge is -2.04. The fraction of sp³-hybridized carbons (Fsp3) is 0.250. The molecule has 0 aliphatic carbocycles. The molecule has 6 nitrogen and oxygen atoms in total. The first-order valence-electron chi connectivity index (χ1n) is 5.66. The summed E-state index contributed by atoms with van der Waals surface area (Å²) in [6, 6.07) is 3.56. The van der Waals surface area contributed by atoms with Crippen molar-refractivity contribution < 1.29 is 9.21 Å². The van der Waals surface area contributed by atoms with Crippen LogP contribution in [0.5, 0.6) is 0 Å². The molecule has 0 bridgehead atoms. The number of anilines is 1. The van der Waals surface area contributed by atoms with Gasteiger partial charge in [0.1, 0.15) is 17.3 Å². The Labute approximate surface area is 104 Å². The second-order valence-corrected chi connectivity index (χ2v) is 3.58. The molecule has 2 N–H and O–H groups in total. The summed E-state index contributed by atoms with van der Waals surface area (Å²) < 4.78 is 5.11. The van der Waals surface area contributed by atoms with Crippen LogP contribution >= 0.6 is 0 Å². The smallest absolute Gasteiger partial charge is 0.271 e. The van der Waals surface area contributed by atoms with Crippen molar-refractivity contribution in [3.8, 4) is 0 Å². The summed E-state index contributed by atoms with van der Waals surface area (Å²) in [6.45, 7) is 3.06. The molecule has 18 heavy (non-hydrogen) atoms. The minimum absolute atomic E-state index is 0.276. The van der Waals surface area contributed by atoms with Gasteiger partial charge in [0, 0.05) is 6.54 Å². The molecule has 6 heteroatoms. The Morgan fingerprint density at radius 3 is 2.89 bits per heavy atom. The van der Waals surface area contributed by atoms with Crippen molar-refractivity contribution in [2.45, 2.75) is 13.5 Å². The average Bonchev–Trinajstić information content (AvgIpc) is 2.90. The van der Waals surface area contributed by atoms with Gasteiger partial charge in [-0.15, -0.1) is 0 Å². The van der Waals surface area contributed by atoms with Gasteiger partial charge < -0.3 is 15.1 Å². The predicted octanol–water partition coefficient (Wildman–Crippen LogP) is 1.43. The molecule has 0 fully saturated rings. The molecule has 1 amide bonds. The number of amides is 1. The largest absolute Gasteiger partial charge is 0.467 e. The van der Waals surface area contributed by atoms with Gasteiger partial charge in [0.15, 0.2) is 0 Å². The Bertz CT molecular complexity index is 493. The summed E-state index contributed by atoms with van der Waals surface area (Å²) in [5.41, 5.74) is 0.281. The topological polar surface area (TPSA) is 80.0 Å². The van der Waals surface area contributed by atoms with Gasteiger partial charge in [-0.25, -0.2) is 9.97 Å². The third kappa shape index (κ3) is 3.07. The summed E-state index contributed by atoms with van der Waals surface area (Å²) in [4.78, 5) is 19.8. The van der Waals surface area contributed by atoms with E-state index in [9.17, 15) is 4.79 Å². The van der Waals surface area contributed by atoms with Crippen molar-refractivity contribution >= 4 is 11.7 Å². The summed E-state index contributed by atoms with van der Waals surface area (Å²) in [6.07, 6.45) is 4.53. The van der Waals surface area contributed by atoms with Crippen LogP contribution in [0.25, 0.3) is 0 Å². The highest BCUT2D eigenvalue weighted by Crippen LogP contribution is 2.02. The second-order valence-electron chi connectivity index (χ2n) is 3.58. The standard InChI is InChI=1S/C12H14N4O2/c1-2-13-11-8-14-10(7-15-11)12(17)16-6-9-4-3-5-18-9/h3-5,7-8H,2,6H2,1H3,(H,13,15)(H,16,17). The molecular formula is C12H14N4O2. The average molecular weight is 246 g/mol. The Balaban J connectivity index is 1.92. The number of carbonyl (C=O) groups is 1. The van der Waals surface area contributed by atoms with Gasteiger partial charge >= 0.3 is 0 Å². The van der Waals surface area contributed by atoms with E-state index in [1.807, 2.05) is 6.92 Å². The zero-order valence-electron chi connectivity index (χ0n) is 10.0. The van der Waals surface area contributed by atoms with E-state index < -0.39 is 0 Å². The Morgan fingerprint density at radius 1 is 1.39 bits per heavy atom. The van der Waals surface area contributed by atoms with Crippen molar-refractivity contribution in [1.29, 1.82) is 0 Å². The number of rotatable bonds is 5. The lowest BCUT2D eigenvalue weighted by Crippen LogP contribution is -2.23. The van der Waals surface area contributed by atoms with Crippen LogP contribution < -0.4 is 10.6 Å². The van der Waals surface area contributed by atoms with E-state index in [2.05, 4.69) is 20.6 Å². The first-order valence-corrected chi connectivity index (χ1v) is 5.66. The van der Waals surface area contributed by atoms with E-state index in [4.69, 9.17) is 4.42 Å². The molecule has 0 unspecified atom stereocenters. The summed E-state index contributed by atoms with van der Waals surface area (Å²) >= 11 is 0. The molecule has 2 aromatic rings. The van der Waals surface area contributed by atoms with Gasteiger partial charge in [-0.1, -0.05) is 0 Å². The van der Waals surface area contributed by atoms with Gasteiger partial charge in [-0.05, 0) is 19.1 Å². The molecule has 2 rings (SSSR count). The molecule has 2 heterocycles. The maximum atomic E-state index is 11.7. The lowest BCUT2D eigenvalue weighted by molar-refractivity contribution is 0.0942. The fourth-order valence-electron chi connectivity index (χ4n) is 1.39. The number of furan rings is 1. The lowest BCUT2D eigenvalue weighted by atomic mass is 10.4. The third-order valence-corrected chi connectivity index (χ3v) is 2.25. The number of nitrogens with one attached hydrogen (secondary N) is 2. The van der Waals surface area contributed by atoms with Crippen LogP contribution in [-0.4, -0.2) is 22.4 Å². The SMILES string of the molecule is CCNc1cnc(C(=O)NCc2ccco2)cn1. The minimum atomic E-state index is -0.276. The Kier molecular flexibility index (Phi) is 3.90. The zero-order valence-corrected chi connectivity index (χ0v) is 10.0. The van der Waals surface area contributed by atoms with Crippen molar-refractivity contribution in [2.24, 2.45) is 0 Å². The van der Waals surface area contributed by atoms with Gasteiger partial charge in [0.25, 0.3) is 5.91 Å². The normalized spacial score (nSPS) is 10.1. The van der Waals surface area contributed by atoms with E-state index >= 15 is 0 Å². The quantitative estimate of drug-likeness (QED) is 0.834. The van der Waals surface area contributed by atoms with E-state index in [0.29, 0.717) is 18.1 Å². The van der Waals surface area contributed by atoms with E-state index in [-0.39, 0.29) is 11.6 Å². The predicted molar refractivity (Wildman–Crippen MR) is 66.1 cm³/mol. The van der Waals surface area contributed by atoms with Crippen LogP contribution in [0.15, 0.2) is 35.2 Å². The molecule has 0 spiro atoms. The maximum absolute atomic E-state index is 11.7. The molecule has 0 atom stereocenters. The van der Waals surface area contributed by atoms with Crippen molar-refractivity contribution in [2.75, 3.05) is 11.9 Å². The van der Waals surface area contributed by atoms with E-state index in [1.165, 1.54) is 12.4 Å². The van der Waals surface area contributed by atoms with E-state index in [0.717, 1.165) is 6.54 Å². The van der Waals surface area contributed by atoms with Crippen molar-refractivity contribution in [3.05, 3.63) is 42.2 Å². The van der Waals surface area contributed by atoms with Gasteiger partial charge in [0.05, 0.1) is 25.2 Å². The molecule has 0 radical (unpaired) electrons. The summed E-state index contributed by atoms with van der Waals surface area (Å²) in [7, 11) is 0. The molecule has 94 valence electrons. The number of aromatic nitrogens is 2. The van der Waals surface area contributed by atoms with Crippen LogP contribution in [0.4, 0.5) is 5.82 Å². The monoisotopic (exact) mass is 246 g/mol. The molecule has 0 aliphatic rings. The highest BCUT2D eigenvalue weighted by molar-refractivity contribution is 5.91. The minimum Gasteiger partial charge on any atom is -0.467 e. The van der Waals surface area contributed by atoms with E-state index in [1.54, 1.807) is 18.4 Å². The number of nitrogens with zero attached hydrogens (tertiary/aromatic N) is 2. The van der Waals surface area contributed by atoms with Crippen LogP contribution in [-0.2, 0) is 6.54 Å². The maximum Gasteiger partial charge on any atom is 0.271 e. The Hall–Kier alpha value is -2.37. The molecule has 0 aromatic carbocycles. The zero-order chi connectivity index (χ0) is 12.8. The van der Waals surface area contributed by atoms with Crippen LogP contribution in [0.1, 0.15) is 23.2 Å². The molecule has 0 saturated carbocycles. The Morgan fingerprint density at radius 2 is 2.28 bits per heavy atom. The first kappa shape index (κ1) is 12.1. The number of carbonyl (C=O) groups excluding carboxylic acids is 1. The summed E-state index contributed by atoms with van der Waals surface area (Å²) in [5.74, 6) is 1.07. The molecule has 0 saturated heterocycles. The highest BCUT2D eigenvalue weighted by Gasteiger charge is 2.08. The van der Waals surface area contributed by atoms with Crippen molar-refractivity contribution in [3.63, 3.8) is 0 Å². The van der Waals surface area contributed by atoms with Gasteiger partial charge in [0.2, 0.25) is 0 Å². The second kappa shape index (κ2) is 5.81. The number of hydrogen-bond donors (Lipinski definition) is 2. The van der Waals surface area contributed by atoms with Crippen molar-refractivity contribution in [1.82, 2.24) is 15.3 Å². The number of hydrogen-bond acceptors (Lipinski definition) is 5. The van der Waals surface area contributed by atoms with Crippen LogP contribution in [0, 0.1) is 0 Å². The molecule has 2 aromatic heterocycles. The van der Waals surface area contributed by atoms with Crippen LogP contribution in [0.2, 0.25) is 0 Å². The third-order valence-electron chi connectivity index (χ3n) is 2.25. The fourth-order valence-corrected chi connectivity index (χ4v) is 1.39. The summed E-state index contributed by atoms with van der Waals surface area (Å²) in [5, 5.41) is 5.70. The first-order chi connectivity index (χ1) is 8.79. The molecule has 0 aliphatic heterocycles. The highest BCUT2D eigenvalue weighted by atomic mass is 16.3.